The number of likely N-dealkylation sites (tertiary alicyclic amines) is 1. The molecule has 102 valence electrons. The van der Waals surface area contributed by atoms with Gasteiger partial charge in [0.1, 0.15) is 0 Å². The Bertz CT molecular complexity index is 326. The molecule has 0 aromatic carbocycles. The van der Waals surface area contributed by atoms with Gasteiger partial charge in [-0.15, -0.1) is 0 Å². The van der Waals surface area contributed by atoms with E-state index in [-0.39, 0.29) is 11.8 Å². The number of hydrogen-bond donors (Lipinski definition) is 0. The van der Waals surface area contributed by atoms with Crippen LogP contribution in [0.15, 0.2) is 0 Å². The number of carbonyl (C=O) groups excluding carboxylic acids is 2. The molecule has 4 nitrogen and oxygen atoms in total. The van der Waals surface area contributed by atoms with Crippen LogP contribution in [0.3, 0.4) is 0 Å². The molecule has 2 amide bonds. The normalized spacial score (nSPS) is 23.9. The Morgan fingerprint density at radius 1 is 1.28 bits per heavy atom. The first kappa shape index (κ1) is 13.4. The lowest BCUT2D eigenvalue weighted by atomic mass is 10.00. The van der Waals surface area contributed by atoms with Gasteiger partial charge >= 0.3 is 0 Å². The van der Waals surface area contributed by atoms with Gasteiger partial charge in [-0.1, -0.05) is 6.92 Å². The van der Waals surface area contributed by atoms with Crippen molar-refractivity contribution in [3.8, 4) is 0 Å². The maximum atomic E-state index is 12.1. The topological polar surface area (TPSA) is 40.6 Å². The predicted molar refractivity (Wildman–Crippen MR) is 70.0 cm³/mol. The van der Waals surface area contributed by atoms with E-state index in [2.05, 4.69) is 6.92 Å². The van der Waals surface area contributed by atoms with Crippen LogP contribution in [0.4, 0.5) is 0 Å². The van der Waals surface area contributed by atoms with Crippen molar-refractivity contribution in [1.82, 2.24) is 9.80 Å². The van der Waals surface area contributed by atoms with E-state index in [9.17, 15) is 9.59 Å². The van der Waals surface area contributed by atoms with Crippen LogP contribution in [0.5, 0.6) is 0 Å². The molecule has 1 aliphatic heterocycles. The zero-order valence-electron chi connectivity index (χ0n) is 11.5. The van der Waals surface area contributed by atoms with E-state index in [1.807, 2.05) is 9.80 Å². The molecule has 2 aliphatic rings. The molecule has 1 saturated carbocycles. The Labute approximate surface area is 109 Å². The zero-order chi connectivity index (χ0) is 13.1. The van der Waals surface area contributed by atoms with E-state index in [0.29, 0.717) is 24.9 Å². The SMILES string of the molecule is CC(=O)N(CCC(=O)N1CCCC(C)C1)C1CC1. The van der Waals surface area contributed by atoms with Gasteiger partial charge < -0.3 is 9.80 Å². The number of amides is 2. The zero-order valence-corrected chi connectivity index (χ0v) is 11.5. The van der Waals surface area contributed by atoms with Crippen molar-refractivity contribution in [3.05, 3.63) is 0 Å². The van der Waals surface area contributed by atoms with Crippen LogP contribution >= 0.6 is 0 Å². The van der Waals surface area contributed by atoms with Gasteiger partial charge in [-0.25, -0.2) is 0 Å². The van der Waals surface area contributed by atoms with Gasteiger partial charge in [-0.3, -0.25) is 9.59 Å². The molecule has 18 heavy (non-hydrogen) atoms. The Morgan fingerprint density at radius 3 is 2.56 bits per heavy atom. The lowest BCUT2D eigenvalue weighted by Crippen LogP contribution is -2.41. The molecular formula is C14H24N2O2. The summed E-state index contributed by atoms with van der Waals surface area (Å²) in [5.74, 6) is 0.945. The van der Waals surface area contributed by atoms with Gasteiger partial charge in [-0.2, -0.15) is 0 Å². The van der Waals surface area contributed by atoms with Gasteiger partial charge in [0.15, 0.2) is 0 Å². The van der Waals surface area contributed by atoms with Crippen molar-refractivity contribution in [2.75, 3.05) is 19.6 Å². The second-order valence-electron chi connectivity index (χ2n) is 5.78. The fraction of sp³-hybridized carbons (Fsp3) is 0.857. The molecule has 2 fully saturated rings. The standard InChI is InChI=1S/C14H24N2O2/c1-11-4-3-8-15(10-11)14(18)7-9-16(12(2)17)13-5-6-13/h11,13H,3-10H2,1-2H3. The first-order chi connectivity index (χ1) is 8.58. The van der Waals surface area contributed by atoms with Gasteiger partial charge in [0.2, 0.25) is 11.8 Å². The predicted octanol–water partition coefficient (Wildman–Crippen LogP) is 1.65. The minimum atomic E-state index is 0.109. The number of piperidine rings is 1. The summed E-state index contributed by atoms with van der Waals surface area (Å²) in [4.78, 5) is 27.4. The summed E-state index contributed by atoms with van der Waals surface area (Å²) in [6, 6.07) is 0.413. The van der Waals surface area contributed by atoms with E-state index in [1.165, 1.54) is 6.42 Å². The molecule has 0 aromatic heterocycles. The summed E-state index contributed by atoms with van der Waals surface area (Å²) >= 11 is 0. The fourth-order valence-electron chi connectivity index (χ4n) is 2.77. The molecule has 0 N–H and O–H groups in total. The van der Waals surface area contributed by atoms with Crippen LogP contribution < -0.4 is 0 Å². The van der Waals surface area contributed by atoms with E-state index < -0.39 is 0 Å². The van der Waals surface area contributed by atoms with Crippen LogP contribution in [0.25, 0.3) is 0 Å². The minimum absolute atomic E-state index is 0.109. The van der Waals surface area contributed by atoms with Gasteiger partial charge in [0.05, 0.1) is 0 Å². The van der Waals surface area contributed by atoms with Crippen molar-refractivity contribution in [3.63, 3.8) is 0 Å². The Balaban J connectivity index is 1.78. The Kier molecular flexibility index (Phi) is 4.25. The molecule has 0 radical (unpaired) electrons. The molecule has 1 unspecified atom stereocenters. The summed E-state index contributed by atoms with van der Waals surface area (Å²) in [6.07, 6.45) is 5.04. The number of nitrogens with zero attached hydrogens (tertiary/aromatic N) is 2. The van der Waals surface area contributed by atoms with Crippen LogP contribution in [0.2, 0.25) is 0 Å². The fourth-order valence-corrected chi connectivity index (χ4v) is 2.77. The van der Waals surface area contributed by atoms with Gasteiger partial charge in [-0.05, 0) is 31.6 Å². The van der Waals surface area contributed by atoms with Crippen molar-refractivity contribution < 1.29 is 9.59 Å². The highest BCUT2D eigenvalue weighted by Gasteiger charge is 2.31. The molecule has 0 aromatic rings. The molecule has 0 bridgehead atoms. The minimum Gasteiger partial charge on any atom is -0.342 e. The molecule has 2 rings (SSSR count). The third-order valence-electron chi connectivity index (χ3n) is 3.97. The quantitative estimate of drug-likeness (QED) is 0.763. The van der Waals surface area contributed by atoms with Crippen molar-refractivity contribution in [1.29, 1.82) is 0 Å². The molecule has 1 heterocycles. The largest absolute Gasteiger partial charge is 0.342 e. The third-order valence-corrected chi connectivity index (χ3v) is 3.97. The first-order valence-corrected chi connectivity index (χ1v) is 7.13. The molecule has 1 aliphatic carbocycles. The number of carbonyl (C=O) groups is 2. The van der Waals surface area contributed by atoms with Crippen molar-refractivity contribution >= 4 is 11.8 Å². The molecule has 4 heteroatoms. The molecule has 1 atom stereocenters. The maximum Gasteiger partial charge on any atom is 0.224 e. The molecule has 1 saturated heterocycles. The van der Waals surface area contributed by atoms with Crippen LogP contribution in [0, 0.1) is 5.92 Å². The first-order valence-electron chi connectivity index (χ1n) is 7.13. The second-order valence-corrected chi connectivity index (χ2v) is 5.78. The van der Waals surface area contributed by atoms with Gasteiger partial charge in [0, 0.05) is 39.0 Å². The summed E-state index contributed by atoms with van der Waals surface area (Å²) in [5.41, 5.74) is 0. The Hall–Kier alpha value is -1.06. The highest BCUT2D eigenvalue weighted by molar-refractivity contribution is 5.78. The van der Waals surface area contributed by atoms with Crippen LogP contribution in [0.1, 0.15) is 46.0 Å². The van der Waals surface area contributed by atoms with Crippen molar-refractivity contribution in [2.24, 2.45) is 5.92 Å². The van der Waals surface area contributed by atoms with E-state index in [0.717, 1.165) is 32.4 Å². The summed E-state index contributed by atoms with van der Waals surface area (Å²) < 4.78 is 0. The molecule has 0 spiro atoms. The summed E-state index contributed by atoms with van der Waals surface area (Å²) in [6.45, 7) is 6.19. The number of hydrogen-bond acceptors (Lipinski definition) is 2. The third kappa shape index (κ3) is 3.47. The lowest BCUT2D eigenvalue weighted by Gasteiger charge is -2.31. The van der Waals surface area contributed by atoms with E-state index in [1.54, 1.807) is 6.92 Å². The smallest absolute Gasteiger partial charge is 0.224 e. The van der Waals surface area contributed by atoms with Gasteiger partial charge in [0.25, 0.3) is 0 Å². The van der Waals surface area contributed by atoms with Crippen molar-refractivity contribution in [2.45, 2.75) is 52.0 Å². The van der Waals surface area contributed by atoms with E-state index in [4.69, 9.17) is 0 Å². The molecular weight excluding hydrogens is 228 g/mol. The van der Waals surface area contributed by atoms with Crippen LogP contribution in [-0.2, 0) is 9.59 Å². The highest BCUT2D eigenvalue weighted by atomic mass is 16.2. The number of rotatable bonds is 4. The highest BCUT2D eigenvalue weighted by Crippen LogP contribution is 2.27. The maximum absolute atomic E-state index is 12.1. The van der Waals surface area contributed by atoms with Crippen LogP contribution in [-0.4, -0.2) is 47.3 Å². The summed E-state index contributed by atoms with van der Waals surface area (Å²) in [5, 5.41) is 0. The second kappa shape index (κ2) is 5.72. The lowest BCUT2D eigenvalue weighted by molar-refractivity contribution is -0.134. The monoisotopic (exact) mass is 252 g/mol. The average molecular weight is 252 g/mol. The Morgan fingerprint density at radius 2 is 2.00 bits per heavy atom. The average Bonchev–Trinajstić information content (AvgIpc) is 3.13. The van der Waals surface area contributed by atoms with E-state index >= 15 is 0 Å². The summed E-state index contributed by atoms with van der Waals surface area (Å²) in [7, 11) is 0.